The SMILES string of the molecule is COc1ccc(Oc2ccc(S(=O)(=O)c3ccc(Oc4ccc(Cc5ccc(Oc6ccc(S(=O)(=O)c7ccc(C)cc7)cc6)cc5)cc4)cc3)cc2)cc1O. The van der Waals surface area contributed by atoms with E-state index >= 15 is 0 Å². The van der Waals surface area contributed by atoms with Gasteiger partial charge in [0.05, 0.1) is 26.7 Å². The summed E-state index contributed by atoms with van der Waals surface area (Å²) in [7, 11) is -5.97. The van der Waals surface area contributed by atoms with Gasteiger partial charge < -0.3 is 24.1 Å². The van der Waals surface area contributed by atoms with Crippen LogP contribution in [-0.4, -0.2) is 29.1 Å². The Kier molecular flexibility index (Phi) is 10.8. The Bertz CT molecular complexity index is 2660. The van der Waals surface area contributed by atoms with Crippen LogP contribution < -0.4 is 18.9 Å². The number of sulfone groups is 2. The van der Waals surface area contributed by atoms with E-state index in [1.165, 1.54) is 37.4 Å². The quantitative estimate of drug-likeness (QED) is 0.122. The average Bonchev–Trinajstić information content (AvgIpc) is 3.20. The molecular formula is C45H36O9S2. The fraction of sp³-hybridized carbons (Fsp3) is 0.0667. The summed E-state index contributed by atoms with van der Waals surface area (Å²) in [5.41, 5.74) is 3.13. The molecule has 7 aromatic carbocycles. The van der Waals surface area contributed by atoms with E-state index in [0.717, 1.165) is 16.7 Å². The number of methoxy groups -OCH3 is 1. The Morgan fingerprint density at radius 2 is 0.732 bits per heavy atom. The van der Waals surface area contributed by atoms with Crippen molar-refractivity contribution < 1.29 is 40.9 Å². The van der Waals surface area contributed by atoms with E-state index in [-0.39, 0.29) is 25.3 Å². The molecule has 1 N–H and O–H groups in total. The van der Waals surface area contributed by atoms with Crippen LogP contribution in [0.15, 0.2) is 183 Å². The first-order valence-corrected chi connectivity index (χ1v) is 20.4. The molecule has 0 aliphatic rings. The van der Waals surface area contributed by atoms with Crippen LogP contribution in [0.4, 0.5) is 0 Å². The molecule has 0 atom stereocenters. The summed E-state index contributed by atoms with van der Waals surface area (Å²) in [6.45, 7) is 1.91. The maximum atomic E-state index is 13.3. The predicted molar refractivity (Wildman–Crippen MR) is 212 cm³/mol. The molecule has 0 radical (unpaired) electrons. The van der Waals surface area contributed by atoms with Gasteiger partial charge in [0.15, 0.2) is 11.5 Å². The molecule has 56 heavy (non-hydrogen) atoms. The molecule has 0 bridgehead atoms. The van der Waals surface area contributed by atoms with Gasteiger partial charge in [0.25, 0.3) is 0 Å². The number of aryl methyl sites for hydroxylation is 1. The maximum Gasteiger partial charge on any atom is 0.206 e. The summed E-state index contributed by atoms with van der Waals surface area (Å²) >= 11 is 0. The molecule has 0 aliphatic carbocycles. The minimum Gasteiger partial charge on any atom is -0.504 e. The van der Waals surface area contributed by atoms with E-state index in [1.807, 2.05) is 55.5 Å². The van der Waals surface area contributed by atoms with Gasteiger partial charge in [-0.25, -0.2) is 16.8 Å². The standard InChI is InChI=1S/C45H36O9S2/c1-31-3-20-40(21-4-31)55(47,48)41-22-13-36(14-23-41)52-34-9-5-32(6-10-34)29-33-7-11-35(12-8-33)53-37-15-24-42(25-16-37)56(49,50)43-26-17-38(18-27-43)54-39-19-28-45(51-2)44(46)30-39/h3-28,30,46H,29H2,1-2H3. The summed E-state index contributed by atoms with van der Waals surface area (Å²) in [6, 6.07) is 45.4. The number of phenols is 1. The van der Waals surface area contributed by atoms with Crippen LogP contribution in [0.1, 0.15) is 16.7 Å². The van der Waals surface area contributed by atoms with Crippen LogP contribution in [0.5, 0.6) is 46.0 Å². The molecule has 11 heteroatoms. The second-order valence-corrected chi connectivity index (χ2v) is 16.7. The highest BCUT2D eigenvalue weighted by Crippen LogP contribution is 2.34. The lowest BCUT2D eigenvalue weighted by Crippen LogP contribution is -2.01. The second-order valence-electron chi connectivity index (χ2n) is 12.8. The van der Waals surface area contributed by atoms with E-state index in [4.69, 9.17) is 18.9 Å². The normalized spacial score (nSPS) is 11.5. The Morgan fingerprint density at radius 3 is 1.07 bits per heavy atom. The van der Waals surface area contributed by atoms with Crippen molar-refractivity contribution in [3.8, 4) is 46.0 Å². The predicted octanol–water partition coefficient (Wildman–Crippen LogP) is 10.3. The molecule has 9 nitrogen and oxygen atoms in total. The van der Waals surface area contributed by atoms with Gasteiger partial charge in [0, 0.05) is 6.07 Å². The molecular weight excluding hydrogens is 749 g/mol. The molecule has 7 aromatic rings. The number of phenolic OH excluding ortho intramolecular Hbond substituents is 1. The van der Waals surface area contributed by atoms with Gasteiger partial charge in [-0.2, -0.15) is 0 Å². The van der Waals surface area contributed by atoms with E-state index < -0.39 is 19.7 Å². The van der Waals surface area contributed by atoms with E-state index in [9.17, 15) is 21.9 Å². The molecule has 7 rings (SSSR count). The number of hydrogen-bond donors (Lipinski definition) is 1. The summed E-state index contributed by atoms with van der Waals surface area (Å²) in [4.78, 5) is 0.670. The van der Waals surface area contributed by atoms with Gasteiger partial charge in [0.2, 0.25) is 19.7 Å². The van der Waals surface area contributed by atoms with Crippen molar-refractivity contribution in [1.29, 1.82) is 0 Å². The number of hydrogen-bond acceptors (Lipinski definition) is 9. The van der Waals surface area contributed by atoms with Crippen molar-refractivity contribution in [2.75, 3.05) is 7.11 Å². The van der Waals surface area contributed by atoms with Crippen molar-refractivity contribution in [3.05, 3.63) is 180 Å². The Hall–Kier alpha value is -6.56. The molecule has 0 saturated carbocycles. The lowest BCUT2D eigenvalue weighted by Gasteiger charge is -2.11. The molecule has 0 heterocycles. The highest BCUT2D eigenvalue weighted by molar-refractivity contribution is 7.91. The Balaban J connectivity index is 0.913. The van der Waals surface area contributed by atoms with Gasteiger partial charge in [-0.05, 0) is 146 Å². The third-order valence-electron chi connectivity index (χ3n) is 8.85. The van der Waals surface area contributed by atoms with Gasteiger partial charge >= 0.3 is 0 Å². The Morgan fingerprint density at radius 1 is 0.429 bits per heavy atom. The van der Waals surface area contributed by atoms with Crippen molar-refractivity contribution in [2.45, 2.75) is 32.9 Å². The fourth-order valence-corrected chi connectivity index (χ4v) is 8.30. The monoisotopic (exact) mass is 784 g/mol. The number of rotatable bonds is 13. The first kappa shape index (κ1) is 37.7. The molecule has 282 valence electrons. The second kappa shape index (κ2) is 16.0. The van der Waals surface area contributed by atoms with Crippen molar-refractivity contribution in [2.24, 2.45) is 0 Å². The first-order chi connectivity index (χ1) is 27.0. The number of benzene rings is 7. The van der Waals surface area contributed by atoms with Gasteiger partial charge in [-0.1, -0.05) is 42.0 Å². The number of aromatic hydroxyl groups is 1. The summed E-state index contributed by atoms with van der Waals surface area (Å²) in [5, 5.41) is 9.98. The molecule has 0 aromatic heterocycles. The zero-order valence-electron chi connectivity index (χ0n) is 30.3. The molecule has 0 fully saturated rings. The van der Waals surface area contributed by atoms with Crippen LogP contribution in [-0.2, 0) is 26.1 Å². The summed E-state index contributed by atoms with van der Waals surface area (Å²) < 4.78 is 75.3. The zero-order chi connectivity index (χ0) is 39.3. The van der Waals surface area contributed by atoms with Gasteiger partial charge in [-0.3, -0.25) is 0 Å². The molecule has 0 amide bonds. The molecule has 0 unspecified atom stereocenters. The van der Waals surface area contributed by atoms with Gasteiger partial charge in [0.1, 0.15) is 34.5 Å². The first-order valence-electron chi connectivity index (χ1n) is 17.4. The minimum absolute atomic E-state index is 0.0710. The molecule has 0 saturated heterocycles. The van der Waals surface area contributed by atoms with Gasteiger partial charge in [-0.15, -0.1) is 0 Å². The molecule has 0 aliphatic heterocycles. The van der Waals surface area contributed by atoms with Crippen LogP contribution in [0, 0.1) is 6.92 Å². The lowest BCUT2D eigenvalue weighted by atomic mass is 10.0. The molecule has 0 spiro atoms. The lowest BCUT2D eigenvalue weighted by molar-refractivity contribution is 0.370. The zero-order valence-corrected chi connectivity index (χ0v) is 32.0. The third-order valence-corrected chi connectivity index (χ3v) is 12.4. The Labute approximate surface area is 325 Å². The average molecular weight is 785 g/mol. The third kappa shape index (κ3) is 8.70. The summed E-state index contributed by atoms with van der Waals surface area (Å²) in [6.07, 6.45) is 0.677. The smallest absolute Gasteiger partial charge is 0.206 e. The largest absolute Gasteiger partial charge is 0.504 e. The topological polar surface area (TPSA) is 125 Å². The van der Waals surface area contributed by atoms with E-state index in [2.05, 4.69) is 0 Å². The highest BCUT2D eigenvalue weighted by atomic mass is 32.2. The van der Waals surface area contributed by atoms with Crippen molar-refractivity contribution in [3.63, 3.8) is 0 Å². The van der Waals surface area contributed by atoms with Crippen LogP contribution in [0.25, 0.3) is 0 Å². The minimum atomic E-state index is -3.80. The maximum absolute atomic E-state index is 13.3. The van der Waals surface area contributed by atoms with Crippen LogP contribution >= 0.6 is 0 Å². The summed E-state index contributed by atoms with van der Waals surface area (Å²) in [5.74, 6) is 3.27. The van der Waals surface area contributed by atoms with Crippen LogP contribution in [0.2, 0.25) is 0 Å². The van der Waals surface area contributed by atoms with Crippen molar-refractivity contribution >= 4 is 19.7 Å². The van der Waals surface area contributed by atoms with Crippen molar-refractivity contribution in [1.82, 2.24) is 0 Å². The highest BCUT2D eigenvalue weighted by Gasteiger charge is 2.19. The fourth-order valence-electron chi connectivity index (χ4n) is 5.78. The van der Waals surface area contributed by atoms with E-state index in [0.29, 0.717) is 46.7 Å². The van der Waals surface area contributed by atoms with E-state index in [1.54, 1.807) is 84.9 Å². The van der Waals surface area contributed by atoms with Crippen LogP contribution in [0.3, 0.4) is 0 Å². The number of ether oxygens (including phenoxy) is 4.